The molecule has 0 radical (unpaired) electrons. The van der Waals surface area contributed by atoms with E-state index in [2.05, 4.69) is 17.0 Å². The molecule has 2 N–H and O–H groups in total. The number of primary amides is 1. The Morgan fingerprint density at radius 1 is 1.31 bits per heavy atom. The van der Waals surface area contributed by atoms with Gasteiger partial charge in [0.05, 0.1) is 0 Å². The molecule has 2 heterocycles. The van der Waals surface area contributed by atoms with Gasteiger partial charge in [0, 0.05) is 24.1 Å². The molecule has 0 saturated carbocycles. The van der Waals surface area contributed by atoms with Crippen LogP contribution in [0.25, 0.3) is 11.3 Å². The molecule has 1 aromatic heterocycles. The lowest BCUT2D eigenvalue weighted by Crippen LogP contribution is -2.32. The summed E-state index contributed by atoms with van der Waals surface area (Å²) in [6.07, 6.45) is 1.99. The van der Waals surface area contributed by atoms with Gasteiger partial charge in [-0.1, -0.05) is 42.4 Å². The highest BCUT2D eigenvalue weighted by Gasteiger charge is 2.31. The number of halogens is 1. The molecule has 7 heteroatoms. The molecule has 2 unspecified atom stereocenters. The van der Waals surface area contributed by atoms with Gasteiger partial charge < -0.3 is 19.9 Å². The van der Waals surface area contributed by atoms with Gasteiger partial charge >= 0.3 is 6.09 Å². The third kappa shape index (κ3) is 4.99. The van der Waals surface area contributed by atoms with E-state index in [1.807, 2.05) is 36.4 Å². The van der Waals surface area contributed by atoms with E-state index in [1.165, 1.54) is 12.8 Å². The number of likely N-dealkylation sites (tertiary alicyclic amines) is 1. The van der Waals surface area contributed by atoms with Crippen molar-refractivity contribution in [2.75, 3.05) is 19.6 Å². The molecule has 26 heavy (non-hydrogen) atoms. The van der Waals surface area contributed by atoms with Crippen LogP contribution in [0.3, 0.4) is 0 Å². The maximum Gasteiger partial charge on any atom is 0.405 e. The third-order valence-electron chi connectivity index (χ3n) is 4.77. The third-order valence-corrected chi connectivity index (χ3v) is 4.77. The molecule has 142 valence electrons. The molecule has 2 atom stereocenters. The predicted molar refractivity (Wildman–Crippen MR) is 102 cm³/mol. The fourth-order valence-corrected chi connectivity index (χ4v) is 3.42. The number of nitrogens with two attached hydrogens (primary N) is 1. The number of ether oxygens (including phenoxy) is 1. The van der Waals surface area contributed by atoms with Crippen molar-refractivity contribution in [2.45, 2.75) is 32.3 Å². The Labute approximate surface area is 160 Å². The molecule has 1 fully saturated rings. The monoisotopic (exact) mass is 379 g/mol. The van der Waals surface area contributed by atoms with Gasteiger partial charge in [0.25, 0.3) is 0 Å². The fraction of sp³-hybridized carbons (Fsp3) is 0.474. The van der Waals surface area contributed by atoms with Crippen LogP contribution in [-0.4, -0.2) is 35.8 Å². The number of benzene rings is 1. The molecule has 2 aromatic rings. The van der Waals surface area contributed by atoms with Gasteiger partial charge in [-0.25, -0.2) is 4.79 Å². The Kier molecular flexibility index (Phi) is 7.48. The van der Waals surface area contributed by atoms with Crippen molar-refractivity contribution < 1.29 is 14.1 Å². The van der Waals surface area contributed by atoms with Crippen molar-refractivity contribution in [2.24, 2.45) is 11.7 Å². The first-order chi connectivity index (χ1) is 12.2. The lowest BCUT2D eigenvalue weighted by Gasteiger charge is -2.27. The molecule has 0 spiro atoms. The number of rotatable bonds is 7. The number of amides is 1. The molecule has 1 aliphatic heterocycles. The van der Waals surface area contributed by atoms with Crippen molar-refractivity contribution in [3.63, 3.8) is 0 Å². The average Bonchev–Trinajstić information content (AvgIpc) is 3.30. The number of nitrogens with zero attached hydrogens (tertiary/aromatic N) is 2. The van der Waals surface area contributed by atoms with Crippen LogP contribution in [0.5, 0.6) is 0 Å². The van der Waals surface area contributed by atoms with Crippen LogP contribution in [0.1, 0.15) is 38.1 Å². The first kappa shape index (κ1) is 20.3. The van der Waals surface area contributed by atoms with Gasteiger partial charge in [-0.2, -0.15) is 0 Å². The first-order valence-corrected chi connectivity index (χ1v) is 8.88. The zero-order chi connectivity index (χ0) is 17.6. The lowest BCUT2D eigenvalue weighted by molar-refractivity contribution is 0.0354. The molecule has 0 bridgehead atoms. The Balaban J connectivity index is 0.00000243. The Hall–Kier alpha value is -2.05. The number of carbonyl (C=O) groups excluding carboxylic acids is 1. The van der Waals surface area contributed by atoms with Crippen molar-refractivity contribution in [3.05, 3.63) is 42.2 Å². The summed E-state index contributed by atoms with van der Waals surface area (Å²) in [7, 11) is 0. The average molecular weight is 380 g/mol. The van der Waals surface area contributed by atoms with Crippen LogP contribution in [0.2, 0.25) is 0 Å². The molecular weight excluding hydrogens is 354 g/mol. The second-order valence-corrected chi connectivity index (χ2v) is 6.51. The van der Waals surface area contributed by atoms with Crippen molar-refractivity contribution in [3.8, 4) is 11.3 Å². The number of carbonyl (C=O) groups is 1. The number of hydrogen-bond acceptors (Lipinski definition) is 5. The van der Waals surface area contributed by atoms with Crippen LogP contribution in [0.4, 0.5) is 4.79 Å². The maximum atomic E-state index is 11.4. The molecule has 0 aliphatic carbocycles. The maximum absolute atomic E-state index is 11.4. The van der Waals surface area contributed by atoms with Crippen LogP contribution < -0.4 is 5.73 Å². The fourth-order valence-electron chi connectivity index (χ4n) is 3.42. The summed E-state index contributed by atoms with van der Waals surface area (Å²) in [5, 5.41) is 4.14. The molecule has 1 saturated heterocycles. The van der Waals surface area contributed by atoms with Gasteiger partial charge in [-0.05, 0) is 32.4 Å². The zero-order valence-electron chi connectivity index (χ0n) is 15.0. The minimum Gasteiger partial charge on any atom is -0.438 e. The Morgan fingerprint density at radius 2 is 2.00 bits per heavy atom. The summed E-state index contributed by atoms with van der Waals surface area (Å²) >= 11 is 0. The highest BCUT2D eigenvalue weighted by Crippen LogP contribution is 2.32. The smallest absolute Gasteiger partial charge is 0.405 e. The van der Waals surface area contributed by atoms with E-state index in [9.17, 15) is 4.79 Å². The van der Waals surface area contributed by atoms with Crippen molar-refractivity contribution >= 4 is 18.5 Å². The second-order valence-electron chi connectivity index (χ2n) is 6.51. The minimum atomic E-state index is -0.789. The quantitative estimate of drug-likeness (QED) is 0.785. The van der Waals surface area contributed by atoms with Gasteiger partial charge in [0.1, 0.15) is 5.69 Å². The predicted octanol–water partition coefficient (Wildman–Crippen LogP) is 4.02. The number of hydrogen-bond donors (Lipinski definition) is 1. The summed E-state index contributed by atoms with van der Waals surface area (Å²) in [6, 6.07) is 11.6. The van der Waals surface area contributed by atoms with Crippen LogP contribution in [0.15, 0.2) is 40.9 Å². The van der Waals surface area contributed by atoms with E-state index in [4.69, 9.17) is 15.0 Å². The summed E-state index contributed by atoms with van der Waals surface area (Å²) in [5.41, 5.74) is 7.00. The summed E-state index contributed by atoms with van der Waals surface area (Å²) < 4.78 is 11.0. The Bertz CT molecular complexity index is 686. The molecule has 3 rings (SSSR count). The van der Waals surface area contributed by atoms with Gasteiger partial charge in [-0.15, -0.1) is 12.4 Å². The van der Waals surface area contributed by atoms with E-state index in [0.29, 0.717) is 5.76 Å². The lowest BCUT2D eigenvalue weighted by atomic mass is 9.96. The van der Waals surface area contributed by atoms with Crippen molar-refractivity contribution in [1.29, 1.82) is 0 Å². The van der Waals surface area contributed by atoms with Crippen LogP contribution in [0, 0.1) is 5.92 Å². The van der Waals surface area contributed by atoms with Gasteiger partial charge in [0.2, 0.25) is 0 Å². The topological polar surface area (TPSA) is 81.6 Å². The van der Waals surface area contributed by atoms with E-state index in [1.54, 1.807) is 0 Å². The summed E-state index contributed by atoms with van der Waals surface area (Å²) in [5.74, 6) is 0.658. The van der Waals surface area contributed by atoms with Crippen LogP contribution in [-0.2, 0) is 4.74 Å². The minimum absolute atomic E-state index is 0. The zero-order valence-corrected chi connectivity index (χ0v) is 15.8. The van der Waals surface area contributed by atoms with E-state index in [-0.39, 0.29) is 18.3 Å². The van der Waals surface area contributed by atoms with Crippen molar-refractivity contribution in [1.82, 2.24) is 10.1 Å². The molecule has 1 aliphatic rings. The summed E-state index contributed by atoms with van der Waals surface area (Å²) in [6.45, 7) is 5.12. The van der Waals surface area contributed by atoms with E-state index < -0.39 is 12.2 Å². The SMILES string of the molecule is CCC(CN1CCCC1)C(OC(N)=O)c1cc(-c2ccccc2)no1.Cl. The van der Waals surface area contributed by atoms with E-state index in [0.717, 1.165) is 37.3 Å². The standard InChI is InChI=1S/C19H25N3O3.ClH/c1-2-14(13-22-10-6-7-11-22)18(24-19(20)23)17-12-16(21-25-17)15-8-4-3-5-9-15;/h3-5,8-9,12,14,18H,2,6-7,10-11,13H2,1H3,(H2,20,23);1H. The normalized spacial score (nSPS) is 16.7. The highest BCUT2D eigenvalue weighted by molar-refractivity contribution is 5.85. The molecule has 6 nitrogen and oxygen atoms in total. The highest BCUT2D eigenvalue weighted by atomic mass is 35.5. The largest absolute Gasteiger partial charge is 0.438 e. The number of aromatic nitrogens is 1. The molecule has 1 amide bonds. The van der Waals surface area contributed by atoms with Crippen LogP contribution >= 0.6 is 12.4 Å². The second kappa shape index (κ2) is 9.59. The summed E-state index contributed by atoms with van der Waals surface area (Å²) in [4.78, 5) is 13.8. The molecule has 1 aromatic carbocycles. The van der Waals surface area contributed by atoms with Gasteiger partial charge in [0.15, 0.2) is 11.9 Å². The Morgan fingerprint density at radius 3 is 2.62 bits per heavy atom. The molecular formula is C19H26ClN3O3. The van der Waals surface area contributed by atoms with E-state index >= 15 is 0 Å². The van der Waals surface area contributed by atoms with Gasteiger partial charge in [-0.3, -0.25) is 0 Å². The first-order valence-electron chi connectivity index (χ1n) is 8.88.